The molecule has 1 heterocycles. The number of hydrogen-bond donors (Lipinski definition) is 3. The maximum absolute atomic E-state index is 12.4. The quantitative estimate of drug-likeness (QED) is 0.342. The van der Waals surface area contributed by atoms with Crippen LogP contribution in [-0.4, -0.2) is 71.5 Å². The highest BCUT2D eigenvalue weighted by Crippen LogP contribution is 2.17. The van der Waals surface area contributed by atoms with Crippen molar-refractivity contribution in [1.82, 2.24) is 25.6 Å². The van der Waals surface area contributed by atoms with Crippen molar-refractivity contribution in [2.24, 2.45) is 0 Å². The van der Waals surface area contributed by atoms with Gasteiger partial charge in [-0.3, -0.25) is 9.59 Å². The first-order valence-electron chi connectivity index (χ1n) is 11.7. The second-order valence-electron chi connectivity index (χ2n) is 7.70. The summed E-state index contributed by atoms with van der Waals surface area (Å²) in [5.74, 6) is -0.431. The van der Waals surface area contributed by atoms with Gasteiger partial charge in [0.15, 0.2) is 0 Å². The van der Waals surface area contributed by atoms with E-state index >= 15 is 0 Å². The average molecular weight is 494 g/mol. The molecule has 10 nitrogen and oxygen atoms in total. The van der Waals surface area contributed by atoms with Crippen LogP contribution in [0.1, 0.15) is 16.8 Å². The van der Waals surface area contributed by atoms with Crippen molar-refractivity contribution in [2.75, 3.05) is 39.6 Å². The van der Waals surface area contributed by atoms with E-state index in [9.17, 15) is 9.59 Å². The second-order valence-corrected chi connectivity index (χ2v) is 7.70. The van der Waals surface area contributed by atoms with Crippen LogP contribution < -0.4 is 10.6 Å². The smallest absolute Gasteiger partial charge is 0.251 e. The van der Waals surface area contributed by atoms with Crippen molar-refractivity contribution in [2.45, 2.75) is 13.0 Å². The van der Waals surface area contributed by atoms with Crippen LogP contribution in [0.5, 0.6) is 0 Å². The number of carbonyl (C=O) groups excluding carboxylic acids is 2. The van der Waals surface area contributed by atoms with Crippen molar-refractivity contribution >= 4 is 11.8 Å². The third-order valence-corrected chi connectivity index (χ3v) is 4.97. The van der Waals surface area contributed by atoms with Gasteiger partial charge in [0.25, 0.3) is 5.91 Å². The Bertz CT molecular complexity index is 1100. The van der Waals surface area contributed by atoms with Crippen LogP contribution in [0, 0.1) is 0 Å². The van der Waals surface area contributed by atoms with Crippen LogP contribution in [0.3, 0.4) is 0 Å². The first-order valence-corrected chi connectivity index (χ1v) is 11.7. The van der Waals surface area contributed by atoms with E-state index in [0.717, 1.165) is 5.56 Å². The topological polar surface area (TPSA) is 128 Å². The molecule has 0 fully saturated rings. The number of nitrogens with zero attached hydrogens (tertiary/aromatic N) is 3. The molecule has 1 aliphatic carbocycles. The minimum atomic E-state index is -0.253. The van der Waals surface area contributed by atoms with Gasteiger partial charge in [0, 0.05) is 29.8 Å². The molecular formula is C26H31N5O5. The predicted molar refractivity (Wildman–Crippen MR) is 135 cm³/mol. The summed E-state index contributed by atoms with van der Waals surface area (Å²) in [5, 5.41) is 22.5. The fourth-order valence-electron chi connectivity index (χ4n) is 3.14. The number of amides is 2. The van der Waals surface area contributed by atoms with E-state index < -0.39 is 0 Å². The fourth-order valence-corrected chi connectivity index (χ4v) is 3.14. The van der Waals surface area contributed by atoms with Crippen LogP contribution in [0.4, 0.5) is 0 Å². The van der Waals surface area contributed by atoms with E-state index in [-0.39, 0.29) is 31.4 Å². The number of rotatable bonds is 14. The van der Waals surface area contributed by atoms with Gasteiger partial charge >= 0.3 is 0 Å². The molecule has 0 atom stereocenters. The standard InChI is InChI=1S/C26H31N5O5/c32-15-17-36-19-18-35-16-14-31-20-24(29-30-31)21-8-10-22(11-9-21)26(34)27-13-12-25(33)28-23-6-4-2-1-3-5-7-23/h1-11,20,32H,12-19H2,(H,27,34)(H,28,33)/b2-1-,3-1?,4-2?,5-3-,6-4-,7-5?,23-6?,23-7+. The molecular weight excluding hydrogens is 462 g/mol. The molecule has 1 aromatic carbocycles. The van der Waals surface area contributed by atoms with Gasteiger partial charge < -0.3 is 25.2 Å². The molecule has 0 radical (unpaired) electrons. The summed E-state index contributed by atoms with van der Waals surface area (Å²) in [6.45, 7) is 2.42. The van der Waals surface area contributed by atoms with Crippen molar-refractivity contribution in [3.8, 4) is 11.3 Å². The van der Waals surface area contributed by atoms with Gasteiger partial charge in [-0.05, 0) is 24.3 Å². The first kappa shape index (κ1) is 26.7. The molecule has 0 bridgehead atoms. The predicted octanol–water partition coefficient (Wildman–Crippen LogP) is 1.77. The average Bonchev–Trinajstić information content (AvgIpc) is 3.34. The Balaban J connectivity index is 1.38. The fraction of sp³-hybridized carbons (Fsp3) is 0.308. The SMILES string of the molecule is O=C(CCNC(=O)c1ccc(-c2cn(CCOCCOCCO)nn2)cc1)NC1=C/C=C\C=C/C=C\1. The number of aromatic nitrogens is 3. The Hall–Kier alpha value is -3.86. The Morgan fingerprint density at radius 2 is 1.69 bits per heavy atom. The zero-order valence-electron chi connectivity index (χ0n) is 20.0. The minimum absolute atomic E-state index is 0.000251. The van der Waals surface area contributed by atoms with Crippen molar-refractivity contribution in [3.63, 3.8) is 0 Å². The van der Waals surface area contributed by atoms with Crippen molar-refractivity contribution in [1.29, 1.82) is 0 Å². The van der Waals surface area contributed by atoms with E-state index in [1.54, 1.807) is 28.9 Å². The number of carbonyl (C=O) groups is 2. The number of benzene rings is 1. The van der Waals surface area contributed by atoms with Gasteiger partial charge in [-0.1, -0.05) is 47.7 Å². The normalized spacial score (nSPS) is 16.8. The van der Waals surface area contributed by atoms with E-state index in [0.29, 0.717) is 49.9 Å². The van der Waals surface area contributed by atoms with E-state index in [1.165, 1.54) is 0 Å². The maximum atomic E-state index is 12.4. The summed E-state index contributed by atoms with van der Waals surface area (Å²) in [4.78, 5) is 24.6. The summed E-state index contributed by atoms with van der Waals surface area (Å²) in [6.07, 6.45) is 14.9. The molecule has 0 spiro atoms. The van der Waals surface area contributed by atoms with E-state index in [2.05, 4.69) is 20.9 Å². The molecule has 1 aromatic heterocycles. The minimum Gasteiger partial charge on any atom is -0.394 e. The molecule has 0 saturated heterocycles. The molecule has 190 valence electrons. The van der Waals surface area contributed by atoms with Crippen LogP contribution in [0.2, 0.25) is 0 Å². The Kier molecular flexibility index (Phi) is 11.3. The molecule has 0 saturated carbocycles. The Morgan fingerprint density at radius 3 is 2.50 bits per heavy atom. The maximum Gasteiger partial charge on any atom is 0.251 e. The zero-order chi connectivity index (χ0) is 25.4. The lowest BCUT2D eigenvalue weighted by molar-refractivity contribution is -0.120. The highest BCUT2D eigenvalue weighted by molar-refractivity contribution is 5.94. The van der Waals surface area contributed by atoms with E-state index in [4.69, 9.17) is 14.6 Å². The third-order valence-electron chi connectivity index (χ3n) is 4.97. The van der Waals surface area contributed by atoms with Gasteiger partial charge in [-0.2, -0.15) is 0 Å². The summed E-state index contributed by atoms with van der Waals surface area (Å²) in [7, 11) is 0. The molecule has 3 N–H and O–H groups in total. The molecule has 36 heavy (non-hydrogen) atoms. The highest BCUT2D eigenvalue weighted by atomic mass is 16.5. The van der Waals surface area contributed by atoms with Crippen molar-refractivity contribution < 1.29 is 24.2 Å². The van der Waals surface area contributed by atoms with Gasteiger partial charge in [0.05, 0.1) is 45.8 Å². The molecule has 2 aromatic rings. The molecule has 3 rings (SSSR count). The summed E-state index contributed by atoms with van der Waals surface area (Å²) >= 11 is 0. The summed E-state index contributed by atoms with van der Waals surface area (Å²) in [6, 6.07) is 7.03. The molecule has 10 heteroatoms. The van der Waals surface area contributed by atoms with Crippen molar-refractivity contribution in [3.05, 3.63) is 84.3 Å². The lowest BCUT2D eigenvalue weighted by atomic mass is 10.1. The van der Waals surface area contributed by atoms with E-state index in [1.807, 2.05) is 48.7 Å². The number of ether oxygens (including phenoxy) is 2. The van der Waals surface area contributed by atoms with Crippen LogP contribution >= 0.6 is 0 Å². The van der Waals surface area contributed by atoms with Gasteiger partial charge in [-0.15, -0.1) is 5.10 Å². The number of aliphatic hydroxyl groups excluding tert-OH is 1. The first-order chi connectivity index (χ1) is 17.7. The number of aliphatic hydroxyl groups is 1. The largest absolute Gasteiger partial charge is 0.394 e. The molecule has 2 amide bonds. The monoisotopic (exact) mass is 493 g/mol. The summed E-state index contributed by atoms with van der Waals surface area (Å²) in [5.41, 5.74) is 2.70. The number of allylic oxidation sites excluding steroid dienone is 7. The molecule has 1 aliphatic rings. The van der Waals surface area contributed by atoms with Crippen LogP contribution in [0.25, 0.3) is 11.3 Å². The molecule has 0 aliphatic heterocycles. The lowest BCUT2D eigenvalue weighted by Crippen LogP contribution is -2.30. The molecule has 0 unspecified atom stereocenters. The van der Waals surface area contributed by atoms with Crippen LogP contribution in [0.15, 0.2) is 78.7 Å². The Labute approximate surface area is 210 Å². The van der Waals surface area contributed by atoms with Gasteiger partial charge in [0.1, 0.15) is 5.69 Å². The zero-order valence-corrected chi connectivity index (χ0v) is 20.0. The third kappa shape index (κ3) is 9.41. The van der Waals surface area contributed by atoms with Gasteiger partial charge in [-0.25, -0.2) is 4.68 Å². The lowest BCUT2D eigenvalue weighted by Gasteiger charge is -2.08. The Morgan fingerprint density at radius 1 is 0.944 bits per heavy atom. The number of nitrogens with one attached hydrogen (secondary N) is 2. The van der Waals surface area contributed by atoms with Gasteiger partial charge in [0.2, 0.25) is 5.91 Å². The number of hydrogen-bond acceptors (Lipinski definition) is 7. The highest BCUT2D eigenvalue weighted by Gasteiger charge is 2.09. The summed E-state index contributed by atoms with van der Waals surface area (Å²) < 4.78 is 12.3. The van der Waals surface area contributed by atoms with Crippen LogP contribution in [-0.2, 0) is 20.8 Å². The second kappa shape index (κ2) is 15.2.